The van der Waals surface area contributed by atoms with E-state index in [1.807, 2.05) is 48.5 Å². The molecule has 2 heterocycles. The van der Waals surface area contributed by atoms with E-state index in [1.54, 1.807) is 22.8 Å². The fourth-order valence-corrected chi connectivity index (χ4v) is 6.41. The minimum atomic E-state index is -2.90. The number of hydrogen-bond acceptors (Lipinski definition) is 4. The Labute approximate surface area is 242 Å². The lowest BCUT2D eigenvalue weighted by Gasteiger charge is -2.31. The molecule has 0 radical (unpaired) electrons. The van der Waals surface area contributed by atoms with Gasteiger partial charge in [-0.15, -0.1) is 0 Å². The smallest absolute Gasteiger partial charge is 0.387 e. The summed E-state index contributed by atoms with van der Waals surface area (Å²) in [7, 11) is 0. The zero-order valence-corrected chi connectivity index (χ0v) is 23.3. The van der Waals surface area contributed by atoms with Crippen LogP contribution < -0.4 is 19.6 Å². The maximum atomic E-state index is 13.8. The van der Waals surface area contributed by atoms with E-state index in [4.69, 9.17) is 28.2 Å². The molecule has 1 atom stereocenters. The molecule has 202 valence electrons. The van der Waals surface area contributed by atoms with Crippen molar-refractivity contribution >= 4 is 46.7 Å². The third-order valence-electron chi connectivity index (χ3n) is 6.93. The zero-order valence-electron chi connectivity index (χ0n) is 21.0. The van der Waals surface area contributed by atoms with Crippen LogP contribution in [0.1, 0.15) is 42.0 Å². The van der Waals surface area contributed by atoms with Crippen LogP contribution in [0.3, 0.4) is 0 Å². The Morgan fingerprint density at radius 2 is 1.52 bits per heavy atom. The first-order chi connectivity index (χ1) is 19.4. The van der Waals surface area contributed by atoms with Crippen LogP contribution in [0, 0.1) is 0 Å². The van der Waals surface area contributed by atoms with Crippen LogP contribution in [0.25, 0.3) is 12.2 Å². The van der Waals surface area contributed by atoms with Crippen molar-refractivity contribution in [3.8, 4) is 5.75 Å². The van der Waals surface area contributed by atoms with E-state index in [0.29, 0.717) is 24.9 Å². The SMILES string of the molecule is O=c1/c(=C/c2ccc(OC(F)F)cc2)sc2n1C(c1ccc(Cl)cc1)C1=C(N=2)/C(=C\c2ccc(Cl)cc2)CCC1. The fraction of sp³-hybridized carbons (Fsp3) is 0.161. The molecule has 6 rings (SSSR count). The Morgan fingerprint density at radius 1 is 0.900 bits per heavy atom. The van der Waals surface area contributed by atoms with Gasteiger partial charge in [0.1, 0.15) is 5.75 Å². The summed E-state index contributed by atoms with van der Waals surface area (Å²) in [6.07, 6.45) is 6.53. The summed E-state index contributed by atoms with van der Waals surface area (Å²) in [5, 5.41) is 1.30. The summed E-state index contributed by atoms with van der Waals surface area (Å²) in [4.78, 5) is 19.5. The van der Waals surface area contributed by atoms with Crippen LogP contribution in [0.4, 0.5) is 8.78 Å². The zero-order chi connectivity index (χ0) is 27.8. The van der Waals surface area contributed by atoms with Crippen molar-refractivity contribution in [2.75, 3.05) is 0 Å². The summed E-state index contributed by atoms with van der Waals surface area (Å²) >= 11 is 13.6. The molecule has 1 aliphatic carbocycles. The second-order valence-corrected chi connectivity index (χ2v) is 11.4. The summed E-state index contributed by atoms with van der Waals surface area (Å²) in [5.74, 6) is 0.0593. The summed E-state index contributed by atoms with van der Waals surface area (Å²) in [6.45, 7) is -2.90. The minimum Gasteiger partial charge on any atom is -0.435 e. The largest absolute Gasteiger partial charge is 0.435 e. The number of alkyl halides is 2. The number of aromatic nitrogens is 1. The van der Waals surface area contributed by atoms with Crippen LogP contribution >= 0.6 is 34.5 Å². The van der Waals surface area contributed by atoms with Gasteiger partial charge in [0, 0.05) is 10.0 Å². The molecule has 9 heteroatoms. The molecule has 0 N–H and O–H groups in total. The highest BCUT2D eigenvalue weighted by Crippen LogP contribution is 2.41. The molecule has 0 saturated carbocycles. The van der Waals surface area contributed by atoms with Crippen molar-refractivity contribution in [1.29, 1.82) is 0 Å². The molecule has 0 saturated heterocycles. The number of allylic oxidation sites excluding steroid dienone is 2. The van der Waals surface area contributed by atoms with E-state index < -0.39 is 6.61 Å². The van der Waals surface area contributed by atoms with E-state index in [-0.39, 0.29) is 17.4 Å². The highest BCUT2D eigenvalue weighted by molar-refractivity contribution is 7.07. The van der Waals surface area contributed by atoms with E-state index in [0.717, 1.165) is 47.2 Å². The molecule has 0 bridgehead atoms. The first-order valence-electron chi connectivity index (χ1n) is 12.7. The van der Waals surface area contributed by atoms with Gasteiger partial charge in [0.25, 0.3) is 5.56 Å². The normalized spacial score (nSPS) is 18.1. The van der Waals surface area contributed by atoms with Crippen LogP contribution in [0.2, 0.25) is 10.0 Å². The van der Waals surface area contributed by atoms with Gasteiger partial charge in [-0.2, -0.15) is 8.78 Å². The Morgan fingerprint density at radius 3 is 2.20 bits per heavy atom. The quantitative estimate of drug-likeness (QED) is 0.242. The molecule has 1 unspecified atom stereocenters. The maximum Gasteiger partial charge on any atom is 0.387 e. The summed E-state index contributed by atoms with van der Waals surface area (Å²) in [6, 6.07) is 21.2. The number of hydrogen-bond donors (Lipinski definition) is 0. The first kappa shape index (κ1) is 26.7. The van der Waals surface area contributed by atoms with Gasteiger partial charge in [-0.05, 0) is 95.6 Å². The number of benzene rings is 3. The molecule has 4 nitrogen and oxygen atoms in total. The van der Waals surface area contributed by atoms with Crippen LogP contribution in [-0.2, 0) is 0 Å². The van der Waals surface area contributed by atoms with Gasteiger partial charge in [-0.1, -0.05) is 70.9 Å². The number of halogens is 4. The number of ether oxygens (including phenoxy) is 1. The monoisotopic (exact) mass is 594 g/mol. The molecule has 0 fully saturated rings. The van der Waals surface area contributed by atoms with Crippen LogP contribution in [-0.4, -0.2) is 11.2 Å². The van der Waals surface area contributed by atoms with Gasteiger partial charge in [0.15, 0.2) is 4.80 Å². The lowest BCUT2D eigenvalue weighted by Crippen LogP contribution is -2.39. The molecular formula is C31H22Cl2F2N2O2S. The Hall–Kier alpha value is -3.52. The molecule has 0 amide bonds. The molecule has 40 heavy (non-hydrogen) atoms. The van der Waals surface area contributed by atoms with Crippen molar-refractivity contribution < 1.29 is 13.5 Å². The van der Waals surface area contributed by atoms with E-state index in [9.17, 15) is 13.6 Å². The van der Waals surface area contributed by atoms with Crippen LogP contribution in [0.15, 0.2) is 99.4 Å². The standard InChI is InChI=1S/C31H22Cl2F2N2O2S/c32-22-10-4-18(5-11-22)16-21-2-1-3-25-27(21)36-31-37(28(25)20-8-12-23(33)13-9-20)29(38)26(40-31)17-19-6-14-24(15-7-19)39-30(34)35/h4-17,28,30H,1-3H2/b21-16-,26-17-. The molecule has 0 spiro atoms. The lowest BCUT2D eigenvalue weighted by atomic mass is 9.84. The summed E-state index contributed by atoms with van der Waals surface area (Å²) in [5.41, 5.74) is 5.67. The Kier molecular flexibility index (Phi) is 7.45. The van der Waals surface area contributed by atoms with Crippen molar-refractivity contribution in [1.82, 2.24) is 4.57 Å². The highest BCUT2D eigenvalue weighted by atomic mass is 35.5. The van der Waals surface area contributed by atoms with Crippen LogP contribution in [0.5, 0.6) is 5.75 Å². The molecule has 3 aromatic carbocycles. The second-order valence-electron chi connectivity index (χ2n) is 9.53. The molecule has 1 aliphatic heterocycles. The van der Waals surface area contributed by atoms with E-state index in [1.165, 1.54) is 23.5 Å². The van der Waals surface area contributed by atoms with Crippen molar-refractivity contribution in [3.05, 3.63) is 136 Å². The number of thiazole rings is 1. The number of rotatable bonds is 5. The van der Waals surface area contributed by atoms with Gasteiger partial charge in [-0.25, -0.2) is 4.99 Å². The first-order valence-corrected chi connectivity index (χ1v) is 14.2. The van der Waals surface area contributed by atoms with E-state index >= 15 is 0 Å². The van der Waals surface area contributed by atoms with Gasteiger partial charge in [-0.3, -0.25) is 9.36 Å². The molecule has 2 aliphatic rings. The van der Waals surface area contributed by atoms with Gasteiger partial charge in [0.05, 0.1) is 16.3 Å². The van der Waals surface area contributed by atoms with Gasteiger partial charge < -0.3 is 4.74 Å². The predicted molar refractivity (Wildman–Crippen MR) is 156 cm³/mol. The molecular weight excluding hydrogens is 573 g/mol. The minimum absolute atomic E-state index is 0.0593. The van der Waals surface area contributed by atoms with Gasteiger partial charge in [0.2, 0.25) is 0 Å². The fourth-order valence-electron chi connectivity index (χ4n) is 5.16. The van der Waals surface area contributed by atoms with Gasteiger partial charge >= 0.3 is 6.61 Å². The van der Waals surface area contributed by atoms with Crippen molar-refractivity contribution in [2.24, 2.45) is 4.99 Å². The molecule has 4 aromatic rings. The van der Waals surface area contributed by atoms with Crippen molar-refractivity contribution in [3.63, 3.8) is 0 Å². The maximum absolute atomic E-state index is 13.8. The lowest BCUT2D eigenvalue weighted by molar-refractivity contribution is -0.0498. The Bertz CT molecular complexity index is 1810. The average Bonchev–Trinajstić information content (AvgIpc) is 3.25. The average molecular weight is 595 g/mol. The summed E-state index contributed by atoms with van der Waals surface area (Å²) < 4.78 is 31.8. The molecule has 1 aromatic heterocycles. The van der Waals surface area contributed by atoms with E-state index in [2.05, 4.69) is 10.8 Å². The predicted octanol–water partition coefficient (Wildman–Crippen LogP) is 7.39. The third kappa shape index (κ3) is 5.42. The topological polar surface area (TPSA) is 43.6 Å². The number of nitrogens with zero attached hydrogens (tertiary/aromatic N) is 2. The number of fused-ring (bicyclic) bond motifs is 1. The second kappa shape index (κ2) is 11.2. The third-order valence-corrected chi connectivity index (χ3v) is 8.42. The van der Waals surface area contributed by atoms with Crippen molar-refractivity contribution in [2.45, 2.75) is 31.9 Å². The highest BCUT2D eigenvalue weighted by Gasteiger charge is 2.32. The Balaban J connectivity index is 1.50.